The fourth-order valence-electron chi connectivity index (χ4n) is 2.49. The van der Waals surface area contributed by atoms with Crippen LogP contribution in [-0.4, -0.2) is 20.7 Å². The Balaban J connectivity index is 1.68. The van der Waals surface area contributed by atoms with Crippen LogP contribution in [0.4, 0.5) is 0 Å². The van der Waals surface area contributed by atoms with Crippen molar-refractivity contribution in [3.05, 3.63) is 88.2 Å². The van der Waals surface area contributed by atoms with Crippen LogP contribution in [0, 0.1) is 0 Å². The summed E-state index contributed by atoms with van der Waals surface area (Å²) in [4.78, 5) is 12.3. The molecular formula is C20H18Cl2N4OS. The molecule has 0 atom stereocenters. The molecule has 1 aromatic heterocycles. The predicted octanol–water partition coefficient (Wildman–Crippen LogP) is 4.99. The van der Waals surface area contributed by atoms with E-state index in [0.717, 1.165) is 15.7 Å². The molecule has 3 aromatic rings. The molecule has 8 heteroatoms. The second-order valence-electron chi connectivity index (χ2n) is 5.87. The van der Waals surface area contributed by atoms with Crippen molar-refractivity contribution in [1.82, 2.24) is 20.1 Å². The molecule has 5 nitrogen and oxygen atoms in total. The molecule has 1 amide bonds. The van der Waals surface area contributed by atoms with Crippen LogP contribution in [0.5, 0.6) is 0 Å². The Hall–Kier alpha value is -2.28. The summed E-state index contributed by atoms with van der Waals surface area (Å²) in [5, 5.41) is 13.4. The Morgan fingerprint density at radius 1 is 1.14 bits per heavy atom. The highest BCUT2D eigenvalue weighted by Gasteiger charge is 2.14. The van der Waals surface area contributed by atoms with Crippen molar-refractivity contribution in [3.8, 4) is 0 Å². The minimum Gasteiger partial charge on any atom is -0.345 e. The summed E-state index contributed by atoms with van der Waals surface area (Å²) >= 11 is 13.6. The molecule has 0 aliphatic carbocycles. The van der Waals surface area contributed by atoms with Gasteiger partial charge in [0.05, 0.1) is 6.54 Å². The van der Waals surface area contributed by atoms with E-state index in [1.807, 2.05) is 28.8 Å². The van der Waals surface area contributed by atoms with Crippen LogP contribution in [0.1, 0.15) is 21.7 Å². The van der Waals surface area contributed by atoms with Gasteiger partial charge in [-0.25, -0.2) is 0 Å². The maximum absolute atomic E-state index is 12.3. The second-order valence-corrected chi connectivity index (χ2v) is 7.65. The third-order valence-electron chi connectivity index (χ3n) is 3.93. The second kappa shape index (κ2) is 9.78. The molecule has 1 N–H and O–H groups in total. The molecular weight excluding hydrogens is 415 g/mol. The van der Waals surface area contributed by atoms with Gasteiger partial charge in [0.25, 0.3) is 5.91 Å². The van der Waals surface area contributed by atoms with Gasteiger partial charge < -0.3 is 9.88 Å². The van der Waals surface area contributed by atoms with Crippen LogP contribution in [0.3, 0.4) is 0 Å². The highest BCUT2D eigenvalue weighted by molar-refractivity contribution is 7.98. The van der Waals surface area contributed by atoms with Gasteiger partial charge in [-0.2, -0.15) is 0 Å². The summed E-state index contributed by atoms with van der Waals surface area (Å²) in [7, 11) is 0. The van der Waals surface area contributed by atoms with Gasteiger partial charge in [-0.3, -0.25) is 4.79 Å². The number of carbonyl (C=O) groups is 1. The van der Waals surface area contributed by atoms with Crippen LogP contribution in [0.15, 0.2) is 66.3 Å². The molecule has 28 heavy (non-hydrogen) atoms. The van der Waals surface area contributed by atoms with E-state index in [0.29, 0.717) is 28.7 Å². The minimum absolute atomic E-state index is 0.199. The van der Waals surface area contributed by atoms with E-state index in [-0.39, 0.29) is 12.5 Å². The molecule has 2 aromatic carbocycles. The lowest BCUT2D eigenvalue weighted by molar-refractivity contribution is 0.0949. The smallest absolute Gasteiger partial charge is 0.251 e. The number of amides is 1. The number of halogens is 2. The average Bonchev–Trinajstić information content (AvgIpc) is 3.08. The number of carbonyl (C=O) groups excluding carboxylic acids is 1. The quantitative estimate of drug-likeness (QED) is 0.402. The number of hydrogen-bond donors (Lipinski definition) is 1. The number of nitrogens with one attached hydrogen (secondary N) is 1. The molecule has 0 radical (unpaired) electrons. The van der Waals surface area contributed by atoms with Crippen molar-refractivity contribution in [2.24, 2.45) is 0 Å². The molecule has 0 spiro atoms. The summed E-state index contributed by atoms with van der Waals surface area (Å²) in [6.45, 7) is 4.60. The highest BCUT2D eigenvalue weighted by atomic mass is 35.5. The van der Waals surface area contributed by atoms with Crippen molar-refractivity contribution < 1.29 is 4.79 Å². The van der Waals surface area contributed by atoms with Gasteiger partial charge in [-0.1, -0.05) is 59.2 Å². The van der Waals surface area contributed by atoms with Crippen molar-refractivity contribution in [2.45, 2.75) is 24.0 Å². The third-order valence-corrected chi connectivity index (χ3v) is 5.57. The van der Waals surface area contributed by atoms with Gasteiger partial charge in [0.2, 0.25) is 0 Å². The Bertz CT molecular complexity index is 973. The average molecular weight is 433 g/mol. The van der Waals surface area contributed by atoms with E-state index in [2.05, 4.69) is 22.1 Å². The van der Waals surface area contributed by atoms with E-state index >= 15 is 0 Å². The Morgan fingerprint density at radius 3 is 2.61 bits per heavy atom. The summed E-state index contributed by atoms with van der Waals surface area (Å²) in [5.74, 6) is 1.13. The number of aromatic nitrogens is 3. The molecule has 3 rings (SSSR count). The van der Waals surface area contributed by atoms with Gasteiger partial charge in [0, 0.05) is 27.9 Å². The fraction of sp³-hybridized carbons (Fsp3) is 0.150. The largest absolute Gasteiger partial charge is 0.345 e. The van der Waals surface area contributed by atoms with Crippen LogP contribution in [-0.2, 0) is 18.8 Å². The summed E-state index contributed by atoms with van der Waals surface area (Å²) < 4.78 is 1.93. The zero-order valence-electron chi connectivity index (χ0n) is 14.9. The molecule has 0 bridgehead atoms. The molecule has 0 aliphatic heterocycles. The standard InChI is InChI=1S/C20H18Cl2N4OS/c1-2-11-26-18(12-23-19(27)14-7-9-16(21)10-8-14)24-25-20(26)28-13-15-5-3-4-6-17(15)22/h2-10H,1,11-13H2,(H,23,27). The van der Waals surface area contributed by atoms with Gasteiger partial charge in [0.1, 0.15) is 0 Å². The first-order chi connectivity index (χ1) is 13.6. The van der Waals surface area contributed by atoms with Crippen LogP contribution >= 0.6 is 35.0 Å². The molecule has 0 saturated heterocycles. The van der Waals surface area contributed by atoms with E-state index in [4.69, 9.17) is 23.2 Å². The first-order valence-corrected chi connectivity index (χ1v) is 10.3. The normalized spacial score (nSPS) is 10.6. The van der Waals surface area contributed by atoms with Gasteiger partial charge in [-0.05, 0) is 35.9 Å². The van der Waals surface area contributed by atoms with Crippen molar-refractivity contribution >= 4 is 40.9 Å². The summed E-state index contributed by atoms with van der Waals surface area (Å²) in [6, 6.07) is 14.4. The predicted molar refractivity (Wildman–Crippen MR) is 114 cm³/mol. The van der Waals surface area contributed by atoms with Crippen LogP contribution in [0.2, 0.25) is 10.0 Å². The molecule has 0 aliphatic rings. The zero-order chi connectivity index (χ0) is 19.9. The Kier molecular flexibility index (Phi) is 7.14. The first-order valence-electron chi connectivity index (χ1n) is 8.51. The van der Waals surface area contributed by atoms with Crippen molar-refractivity contribution in [1.29, 1.82) is 0 Å². The number of benzene rings is 2. The summed E-state index contributed by atoms with van der Waals surface area (Å²) in [6.07, 6.45) is 1.77. The van der Waals surface area contributed by atoms with E-state index in [9.17, 15) is 4.79 Å². The molecule has 0 unspecified atom stereocenters. The maximum Gasteiger partial charge on any atom is 0.251 e. The topological polar surface area (TPSA) is 59.8 Å². The highest BCUT2D eigenvalue weighted by Crippen LogP contribution is 2.26. The Morgan fingerprint density at radius 2 is 1.89 bits per heavy atom. The molecule has 144 valence electrons. The Labute approximate surface area is 177 Å². The van der Waals surface area contributed by atoms with Gasteiger partial charge in [-0.15, -0.1) is 16.8 Å². The van der Waals surface area contributed by atoms with Crippen LogP contribution in [0.25, 0.3) is 0 Å². The lowest BCUT2D eigenvalue weighted by Crippen LogP contribution is -2.24. The van der Waals surface area contributed by atoms with E-state index in [1.165, 1.54) is 11.8 Å². The SMILES string of the molecule is C=CCn1c(CNC(=O)c2ccc(Cl)cc2)nnc1SCc1ccccc1Cl. The number of nitrogens with zero attached hydrogens (tertiary/aromatic N) is 3. The number of thioether (sulfide) groups is 1. The van der Waals surface area contributed by atoms with Gasteiger partial charge >= 0.3 is 0 Å². The number of hydrogen-bond acceptors (Lipinski definition) is 4. The maximum atomic E-state index is 12.3. The fourth-order valence-corrected chi connectivity index (χ4v) is 3.87. The van der Waals surface area contributed by atoms with E-state index < -0.39 is 0 Å². The monoisotopic (exact) mass is 432 g/mol. The molecule has 0 fully saturated rings. The van der Waals surface area contributed by atoms with Crippen LogP contribution < -0.4 is 5.32 Å². The molecule has 0 saturated carbocycles. The van der Waals surface area contributed by atoms with Crippen molar-refractivity contribution in [2.75, 3.05) is 0 Å². The zero-order valence-corrected chi connectivity index (χ0v) is 17.3. The lowest BCUT2D eigenvalue weighted by Gasteiger charge is -2.09. The lowest BCUT2D eigenvalue weighted by atomic mass is 10.2. The number of allylic oxidation sites excluding steroid dienone is 1. The summed E-state index contributed by atoms with van der Waals surface area (Å²) in [5.41, 5.74) is 1.56. The number of rotatable bonds is 8. The first kappa shape index (κ1) is 20.5. The van der Waals surface area contributed by atoms with E-state index in [1.54, 1.807) is 30.3 Å². The minimum atomic E-state index is -0.199. The third kappa shape index (κ3) is 5.16. The molecule has 1 heterocycles. The van der Waals surface area contributed by atoms with Gasteiger partial charge in [0.15, 0.2) is 11.0 Å². The van der Waals surface area contributed by atoms with Crippen molar-refractivity contribution in [3.63, 3.8) is 0 Å².